The van der Waals surface area contributed by atoms with Crippen LogP contribution in [0.1, 0.15) is 37.5 Å². The Labute approximate surface area is 99.6 Å². The number of likely N-dealkylation sites (N-methyl/N-ethyl adjacent to an activating group) is 1. The number of nitrogens with one attached hydrogen (secondary N) is 1. The molecule has 1 unspecified atom stereocenters. The molecule has 0 saturated carbocycles. The molecule has 1 N–H and O–H groups in total. The van der Waals surface area contributed by atoms with E-state index in [0.717, 1.165) is 6.54 Å². The lowest BCUT2D eigenvalue weighted by atomic mass is 10.0. The van der Waals surface area contributed by atoms with E-state index in [1.165, 1.54) is 22.3 Å². The number of rotatable bonds is 4. The zero-order valence-corrected chi connectivity index (χ0v) is 11.1. The molecule has 1 heteroatoms. The van der Waals surface area contributed by atoms with Gasteiger partial charge in [0, 0.05) is 6.04 Å². The summed E-state index contributed by atoms with van der Waals surface area (Å²) < 4.78 is 0. The van der Waals surface area contributed by atoms with Crippen molar-refractivity contribution in [3.8, 4) is 0 Å². The quantitative estimate of drug-likeness (QED) is 0.810. The first kappa shape index (κ1) is 13.0. The minimum absolute atomic E-state index is 0.451. The summed E-state index contributed by atoms with van der Waals surface area (Å²) in [5, 5.41) is 3.42. The van der Waals surface area contributed by atoms with E-state index in [-0.39, 0.29) is 0 Å². The fraction of sp³-hybridized carbons (Fsp3) is 0.467. The lowest BCUT2D eigenvalue weighted by Crippen LogP contribution is -2.26. The van der Waals surface area contributed by atoms with Crippen LogP contribution >= 0.6 is 0 Å². The van der Waals surface area contributed by atoms with E-state index >= 15 is 0 Å². The van der Waals surface area contributed by atoms with Crippen LogP contribution in [-0.4, -0.2) is 12.6 Å². The Bertz CT molecular complexity index is 377. The zero-order valence-electron chi connectivity index (χ0n) is 11.1. The van der Waals surface area contributed by atoms with Gasteiger partial charge in [0.25, 0.3) is 0 Å². The fourth-order valence-corrected chi connectivity index (χ4v) is 1.71. The molecule has 0 aliphatic carbocycles. The van der Waals surface area contributed by atoms with Gasteiger partial charge in [0.2, 0.25) is 0 Å². The average molecular weight is 217 g/mol. The molecule has 1 rings (SSSR count). The molecular formula is C15H23N. The molecule has 0 amide bonds. The summed E-state index contributed by atoms with van der Waals surface area (Å²) in [5.74, 6) is 0. The predicted molar refractivity (Wildman–Crippen MR) is 72.7 cm³/mol. The summed E-state index contributed by atoms with van der Waals surface area (Å²) in [6.45, 7) is 11.9. The first-order valence-electron chi connectivity index (χ1n) is 6.03. The summed E-state index contributed by atoms with van der Waals surface area (Å²) in [4.78, 5) is 0. The summed E-state index contributed by atoms with van der Waals surface area (Å²) in [7, 11) is 0. The molecule has 0 fully saturated rings. The fourth-order valence-electron chi connectivity index (χ4n) is 1.71. The van der Waals surface area contributed by atoms with Crippen LogP contribution in [0.2, 0.25) is 0 Å². The van der Waals surface area contributed by atoms with Crippen LogP contribution in [0, 0.1) is 13.8 Å². The number of aryl methyl sites for hydroxylation is 2. The Kier molecular flexibility index (Phi) is 4.75. The van der Waals surface area contributed by atoms with Crippen molar-refractivity contribution in [1.82, 2.24) is 5.32 Å². The Morgan fingerprint density at radius 1 is 1.31 bits per heavy atom. The molecule has 0 radical (unpaired) electrons. The monoisotopic (exact) mass is 217 g/mol. The van der Waals surface area contributed by atoms with Crippen LogP contribution in [0.4, 0.5) is 0 Å². The lowest BCUT2D eigenvalue weighted by molar-refractivity contribution is 0.636. The predicted octanol–water partition coefficient (Wildman–Crippen LogP) is 3.70. The van der Waals surface area contributed by atoms with Crippen LogP contribution in [0.3, 0.4) is 0 Å². The van der Waals surface area contributed by atoms with Gasteiger partial charge >= 0.3 is 0 Å². The van der Waals surface area contributed by atoms with Crippen molar-refractivity contribution >= 4 is 6.08 Å². The summed E-state index contributed by atoms with van der Waals surface area (Å²) in [5.41, 5.74) is 5.39. The molecule has 0 aliphatic heterocycles. The van der Waals surface area contributed by atoms with Gasteiger partial charge < -0.3 is 5.32 Å². The molecule has 1 aromatic rings. The van der Waals surface area contributed by atoms with E-state index in [4.69, 9.17) is 0 Å². The van der Waals surface area contributed by atoms with Gasteiger partial charge in [-0.05, 0) is 50.9 Å². The van der Waals surface area contributed by atoms with Gasteiger partial charge in [-0.2, -0.15) is 0 Å². The third kappa shape index (κ3) is 3.49. The highest BCUT2D eigenvalue weighted by Gasteiger charge is 2.02. The molecule has 0 heterocycles. The van der Waals surface area contributed by atoms with Gasteiger partial charge in [0.1, 0.15) is 0 Å². The maximum atomic E-state index is 3.42. The third-order valence-electron chi connectivity index (χ3n) is 3.12. The smallest absolute Gasteiger partial charge is 0.0251 e. The summed E-state index contributed by atoms with van der Waals surface area (Å²) in [6.07, 6.45) is 2.26. The molecule has 1 aromatic carbocycles. The molecule has 16 heavy (non-hydrogen) atoms. The standard InChI is InChI=1S/C15H23N/c1-6-16-14(5)13(4)10-15-8-7-11(2)12(3)9-15/h7-10,14,16H,6H2,1-5H3/b13-10+. The van der Waals surface area contributed by atoms with E-state index < -0.39 is 0 Å². The lowest BCUT2D eigenvalue weighted by Gasteiger charge is -2.13. The van der Waals surface area contributed by atoms with E-state index in [9.17, 15) is 0 Å². The first-order valence-corrected chi connectivity index (χ1v) is 6.03. The Hall–Kier alpha value is -1.08. The highest BCUT2D eigenvalue weighted by Crippen LogP contribution is 2.14. The second-order valence-corrected chi connectivity index (χ2v) is 4.51. The Balaban J connectivity index is 2.85. The second-order valence-electron chi connectivity index (χ2n) is 4.51. The molecule has 88 valence electrons. The van der Waals surface area contributed by atoms with Gasteiger partial charge in [-0.25, -0.2) is 0 Å². The average Bonchev–Trinajstić information content (AvgIpc) is 2.24. The molecule has 0 aliphatic rings. The molecule has 0 aromatic heterocycles. The van der Waals surface area contributed by atoms with Gasteiger partial charge in [0.15, 0.2) is 0 Å². The molecule has 1 atom stereocenters. The topological polar surface area (TPSA) is 12.0 Å². The summed E-state index contributed by atoms with van der Waals surface area (Å²) in [6, 6.07) is 7.07. The van der Waals surface area contributed by atoms with E-state index in [1.54, 1.807) is 0 Å². The Morgan fingerprint density at radius 3 is 2.56 bits per heavy atom. The third-order valence-corrected chi connectivity index (χ3v) is 3.12. The van der Waals surface area contributed by atoms with Crippen molar-refractivity contribution < 1.29 is 0 Å². The molecule has 0 saturated heterocycles. The number of hydrogen-bond acceptors (Lipinski definition) is 1. The number of benzene rings is 1. The van der Waals surface area contributed by atoms with E-state index in [2.05, 4.69) is 64.2 Å². The van der Waals surface area contributed by atoms with E-state index in [0.29, 0.717) is 6.04 Å². The largest absolute Gasteiger partial charge is 0.311 e. The van der Waals surface area contributed by atoms with Gasteiger partial charge in [0.05, 0.1) is 0 Å². The van der Waals surface area contributed by atoms with Crippen molar-refractivity contribution in [2.75, 3.05) is 6.54 Å². The first-order chi connectivity index (χ1) is 7.54. The maximum Gasteiger partial charge on any atom is 0.0251 e. The SMILES string of the molecule is CCNC(C)/C(C)=C/c1ccc(C)c(C)c1. The van der Waals surface area contributed by atoms with Gasteiger partial charge in [-0.15, -0.1) is 0 Å². The van der Waals surface area contributed by atoms with Crippen molar-refractivity contribution in [1.29, 1.82) is 0 Å². The van der Waals surface area contributed by atoms with Crippen LogP contribution in [0.25, 0.3) is 6.08 Å². The van der Waals surface area contributed by atoms with Gasteiger partial charge in [-0.3, -0.25) is 0 Å². The van der Waals surface area contributed by atoms with E-state index in [1.807, 2.05) is 0 Å². The van der Waals surface area contributed by atoms with Crippen molar-refractivity contribution in [3.63, 3.8) is 0 Å². The molecule has 0 bridgehead atoms. The van der Waals surface area contributed by atoms with Crippen LogP contribution in [-0.2, 0) is 0 Å². The zero-order chi connectivity index (χ0) is 12.1. The molecule has 0 spiro atoms. The number of hydrogen-bond donors (Lipinski definition) is 1. The van der Waals surface area contributed by atoms with Crippen molar-refractivity contribution in [3.05, 3.63) is 40.5 Å². The van der Waals surface area contributed by atoms with Crippen LogP contribution in [0.15, 0.2) is 23.8 Å². The highest BCUT2D eigenvalue weighted by atomic mass is 14.9. The van der Waals surface area contributed by atoms with Crippen LogP contribution in [0.5, 0.6) is 0 Å². The van der Waals surface area contributed by atoms with Crippen LogP contribution < -0.4 is 5.32 Å². The van der Waals surface area contributed by atoms with Gasteiger partial charge in [-0.1, -0.05) is 36.8 Å². The molecule has 1 nitrogen and oxygen atoms in total. The second kappa shape index (κ2) is 5.86. The maximum absolute atomic E-state index is 3.42. The minimum atomic E-state index is 0.451. The normalized spacial score (nSPS) is 13.9. The Morgan fingerprint density at radius 2 is 2.00 bits per heavy atom. The summed E-state index contributed by atoms with van der Waals surface area (Å²) >= 11 is 0. The minimum Gasteiger partial charge on any atom is -0.311 e. The highest BCUT2D eigenvalue weighted by molar-refractivity contribution is 5.55. The van der Waals surface area contributed by atoms with Crippen molar-refractivity contribution in [2.45, 2.75) is 40.7 Å². The van der Waals surface area contributed by atoms with Crippen molar-refractivity contribution in [2.24, 2.45) is 0 Å². The molecular weight excluding hydrogens is 194 g/mol.